The average molecular weight is 256 g/mol. The van der Waals surface area contributed by atoms with Crippen molar-refractivity contribution in [2.75, 3.05) is 6.54 Å². The van der Waals surface area contributed by atoms with Gasteiger partial charge in [0.15, 0.2) is 0 Å². The lowest BCUT2D eigenvalue weighted by atomic mass is 9.88. The first-order valence-corrected chi connectivity index (χ1v) is 6.67. The Kier molecular flexibility index (Phi) is 4.27. The lowest BCUT2D eigenvalue weighted by Crippen LogP contribution is -2.29. The van der Waals surface area contributed by atoms with Crippen molar-refractivity contribution in [3.63, 3.8) is 0 Å². The van der Waals surface area contributed by atoms with Gasteiger partial charge >= 0.3 is 0 Å². The molecule has 100 valence electrons. The number of aromatic nitrogens is 1. The molecule has 0 bridgehead atoms. The summed E-state index contributed by atoms with van der Waals surface area (Å²) in [5.74, 6) is 0.473. The number of fused-ring (bicyclic) bond motifs is 1. The van der Waals surface area contributed by atoms with Gasteiger partial charge in [0, 0.05) is 36.7 Å². The minimum atomic E-state index is -0.0480. The standard InChI is InChI=1S/C16H20N2O/c1-11(2)15(9-17)16(19)8-12-3-4-14-10-18-6-5-13(14)7-12/h3-7,10-11,15H,8-9,17H2,1-2H3/t15-/m0/s1. The van der Waals surface area contributed by atoms with Gasteiger partial charge in [0.2, 0.25) is 0 Å². The highest BCUT2D eigenvalue weighted by molar-refractivity contribution is 5.86. The number of nitrogens with two attached hydrogens (primary N) is 1. The third kappa shape index (κ3) is 3.18. The Morgan fingerprint density at radius 3 is 2.74 bits per heavy atom. The van der Waals surface area contributed by atoms with Crippen LogP contribution in [0.1, 0.15) is 19.4 Å². The smallest absolute Gasteiger partial charge is 0.141 e. The van der Waals surface area contributed by atoms with Crippen LogP contribution < -0.4 is 5.73 Å². The number of carbonyl (C=O) groups excluding carboxylic acids is 1. The normalized spacial score (nSPS) is 12.8. The van der Waals surface area contributed by atoms with Gasteiger partial charge in [0.25, 0.3) is 0 Å². The highest BCUT2D eigenvalue weighted by Crippen LogP contribution is 2.18. The molecule has 2 aromatic rings. The SMILES string of the molecule is CC(C)[C@H](CN)C(=O)Cc1ccc2cnccc2c1. The molecule has 0 spiro atoms. The molecule has 0 aliphatic carbocycles. The number of carbonyl (C=O) groups is 1. The van der Waals surface area contributed by atoms with Crippen LogP contribution in [0.5, 0.6) is 0 Å². The van der Waals surface area contributed by atoms with E-state index >= 15 is 0 Å². The second-order valence-corrected chi connectivity index (χ2v) is 5.29. The molecular weight excluding hydrogens is 236 g/mol. The average Bonchev–Trinajstić information content (AvgIpc) is 2.39. The lowest BCUT2D eigenvalue weighted by molar-refractivity contribution is -0.123. The zero-order valence-electron chi connectivity index (χ0n) is 11.5. The number of benzene rings is 1. The van der Waals surface area contributed by atoms with Crippen molar-refractivity contribution in [2.24, 2.45) is 17.6 Å². The Morgan fingerprint density at radius 2 is 2.05 bits per heavy atom. The molecule has 2 rings (SSSR count). The van der Waals surface area contributed by atoms with Crippen molar-refractivity contribution in [2.45, 2.75) is 20.3 Å². The third-order valence-electron chi connectivity index (χ3n) is 3.56. The van der Waals surface area contributed by atoms with Crippen molar-refractivity contribution in [3.05, 3.63) is 42.2 Å². The lowest BCUT2D eigenvalue weighted by Gasteiger charge is -2.17. The Morgan fingerprint density at radius 1 is 1.26 bits per heavy atom. The molecule has 3 heteroatoms. The number of pyridine rings is 1. The Bertz CT molecular complexity index is 578. The Balaban J connectivity index is 2.19. The quantitative estimate of drug-likeness (QED) is 0.894. The zero-order valence-corrected chi connectivity index (χ0v) is 11.5. The van der Waals surface area contributed by atoms with E-state index in [0.29, 0.717) is 18.9 Å². The van der Waals surface area contributed by atoms with Gasteiger partial charge in [-0.3, -0.25) is 9.78 Å². The molecule has 0 radical (unpaired) electrons. The van der Waals surface area contributed by atoms with Gasteiger partial charge in [0.05, 0.1) is 0 Å². The minimum absolute atomic E-state index is 0.0480. The number of ketones is 1. The van der Waals surface area contributed by atoms with E-state index in [1.807, 2.05) is 38.2 Å². The van der Waals surface area contributed by atoms with Crippen molar-refractivity contribution < 1.29 is 4.79 Å². The van der Waals surface area contributed by atoms with Crippen LogP contribution in [-0.2, 0) is 11.2 Å². The predicted molar refractivity (Wildman–Crippen MR) is 77.8 cm³/mol. The summed E-state index contributed by atoms with van der Waals surface area (Å²) in [7, 11) is 0. The van der Waals surface area contributed by atoms with E-state index in [9.17, 15) is 4.79 Å². The van der Waals surface area contributed by atoms with Gasteiger partial charge in [-0.25, -0.2) is 0 Å². The monoisotopic (exact) mass is 256 g/mol. The Labute approximate surface area is 113 Å². The fraction of sp³-hybridized carbons (Fsp3) is 0.375. The molecule has 2 N–H and O–H groups in total. The van der Waals surface area contributed by atoms with E-state index in [1.54, 1.807) is 6.20 Å². The fourth-order valence-corrected chi connectivity index (χ4v) is 2.35. The number of Topliss-reactive ketones (excluding diaryl/α,β-unsaturated/α-hetero) is 1. The summed E-state index contributed by atoms with van der Waals surface area (Å²) < 4.78 is 0. The van der Waals surface area contributed by atoms with E-state index in [-0.39, 0.29) is 11.7 Å². The maximum absolute atomic E-state index is 12.2. The number of rotatable bonds is 5. The van der Waals surface area contributed by atoms with Crippen LogP contribution in [0.4, 0.5) is 0 Å². The van der Waals surface area contributed by atoms with E-state index in [0.717, 1.165) is 16.3 Å². The Hall–Kier alpha value is -1.74. The van der Waals surface area contributed by atoms with Crippen molar-refractivity contribution in [1.82, 2.24) is 4.98 Å². The molecule has 1 aromatic carbocycles. The summed E-state index contributed by atoms with van der Waals surface area (Å²) in [5.41, 5.74) is 6.73. The summed E-state index contributed by atoms with van der Waals surface area (Å²) in [6, 6.07) is 8.03. The van der Waals surface area contributed by atoms with Gasteiger partial charge in [-0.1, -0.05) is 32.0 Å². The van der Waals surface area contributed by atoms with E-state index < -0.39 is 0 Å². The van der Waals surface area contributed by atoms with Crippen molar-refractivity contribution in [3.8, 4) is 0 Å². The van der Waals surface area contributed by atoms with Crippen LogP contribution in [0.15, 0.2) is 36.7 Å². The van der Waals surface area contributed by atoms with Crippen molar-refractivity contribution in [1.29, 1.82) is 0 Å². The van der Waals surface area contributed by atoms with Crippen LogP contribution in [0.3, 0.4) is 0 Å². The number of hydrogen-bond acceptors (Lipinski definition) is 3. The van der Waals surface area contributed by atoms with Gasteiger partial charge in [0.1, 0.15) is 5.78 Å². The highest BCUT2D eigenvalue weighted by Gasteiger charge is 2.20. The summed E-state index contributed by atoms with van der Waals surface area (Å²) in [4.78, 5) is 16.3. The van der Waals surface area contributed by atoms with Crippen LogP contribution in [0, 0.1) is 11.8 Å². The molecule has 1 atom stereocenters. The molecule has 0 saturated heterocycles. The summed E-state index contributed by atoms with van der Waals surface area (Å²) >= 11 is 0. The van der Waals surface area contributed by atoms with Gasteiger partial charge in [-0.15, -0.1) is 0 Å². The number of hydrogen-bond donors (Lipinski definition) is 1. The van der Waals surface area contributed by atoms with Gasteiger partial charge < -0.3 is 5.73 Å². The van der Waals surface area contributed by atoms with E-state index in [1.165, 1.54) is 0 Å². The molecule has 0 unspecified atom stereocenters. The van der Waals surface area contributed by atoms with E-state index in [2.05, 4.69) is 11.1 Å². The number of nitrogens with zero attached hydrogens (tertiary/aromatic N) is 1. The minimum Gasteiger partial charge on any atom is -0.330 e. The van der Waals surface area contributed by atoms with Gasteiger partial charge in [-0.05, 0) is 22.9 Å². The molecule has 0 saturated carbocycles. The van der Waals surface area contributed by atoms with Crippen LogP contribution in [-0.4, -0.2) is 17.3 Å². The largest absolute Gasteiger partial charge is 0.330 e. The first kappa shape index (κ1) is 13.7. The fourth-order valence-electron chi connectivity index (χ4n) is 2.35. The molecule has 0 aliphatic rings. The summed E-state index contributed by atoms with van der Waals surface area (Å²) in [5, 5.41) is 2.21. The molecule has 1 aromatic heterocycles. The van der Waals surface area contributed by atoms with Gasteiger partial charge in [-0.2, -0.15) is 0 Å². The second kappa shape index (κ2) is 5.93. The van der Waals surface area contributed by atoms with E-state index in [4.69, 9.17) is 5.73 Å². The topological polar surface area (TPSA) is 56.0 Å². The van der Waals surface area contributed by atoms with Crippen LogP contribution >= 0.6 is 0 Å². The van der Waals surface area contributed by atoms with Crippen molar-refractivity contribution >= 4 is 16.6 Å². The first-order valence-electron chi connectivity index (χ1n) is 6.67. The third-order valence-corrected chi connectivity index (χ3v) is 3.56. The zero-order chi connectivity index (χ0) is 13.8. The molecule has 19 heavy (non-hydrogen) atoms. The van der Waals surface area contributed by atoms with Crippen LogP contribution in [0.25, 0.3) is 10.8 Å². The molecule has 0 fully saturated rings. The van der Waals surface area contributed by atoms with Crippen LogP contribution in [0.2, 0.25) is 0 Å². The molecule has 0 aliphatic heterocycles. The maximum Gasteiger partial charge on any atom is 0.141 e. The summed E-state index contributed by atoms with van der Waals surface area (Å²) in [6.07, 6.45) is 4.06. The molecule has 0 amide bonds. The highest BCUT2D eigenvalue weighted by atomic mass is 16.1. The molecule has 1 heterocycles. The maximum atomic E-state index is 12.2. The first-order chi connectivity index (χ1) is 9.11. The predicted octanol–water partition coefficient (Wildman–Crippen LogP) is 2.58. The molecular formula is C16H20N2O. The second-order valence-electron chi connectivity index (χ2n) is 5.29. The molecule has 3 nitrogen and oxygen atoms in total. The summed E-state index contributed by atoms with van der Waals surface area (Å²) in [6.45, 7) is 4.51.